The summed E-state index contributed by atoms with van der Waals surface area (Å²) in [5, 5.41) is 5.35. The number of nitrogens with one attached hydrogen (secondary N) is 2. The van der Waals surface area contributed by atoms with Crippen LogP contribution in [-0.4, -0.2) is 108 Å². The van der Waals surface area contributed by atoms with Gasteiger partial charge in [-0.15, -0.1) is 0 Å². The van der Waals surface area contributed by atoms with E-state index < -0.39 is 62.3 Å². The zero-order chi connectivity index (χ0) is 64.4. The van der Waals surface area contributed by atoms with Gasteiger partial charge in [-0.2, -0.15) is 0 Å². The molecule has 0 radical (unpaired) electrons. The third kappa shape index (κ3) is 21.6. The molecule has 2 amide bonds. The molecular formula is C69H89N2NaO17S. The monoisotopic (exact) mass is 1270 g/mol. The second-order valence-electron chi connectivity index (χ2n) is 24.9. The molecule has 484 valence electrons. The first-order valence-electron chi connectivity index (χ1n) is 30.8. The van der Waals surface area contributed by atoms with E-state index in [4.69, 9.17) is 48.0 Å². The van der Waals surface area contributed by atoms with Crippen LogP contribution in [0.3, 0.4) is 0 Å². The zero-order valence-electron chi connectivity index (χ0n) is 54.1. The van der Waals surface area contributed by atoms with E-state index in [-0.39, 0.29) is 72.9 Å². The van der Waals surface area contributed by atoms with E-state index in [1.165, 1.54) is 45.4 Å². The number of carbonyl (C=O) groups excluding carboxylic acids is 4. The Hall–Kier alpha value is -5.91. The molecule has 0 saturated heterocycles. The number of rotatable bonds is 31. The summed E-state index contributed by atoms with van der Waals surface area (Å²) >= 11 is 0. The predicted molar refractivity (Wildman–Crippen MR) is 335 cm³/mol. The number of benzene rings is 5. The molecule has 21 heteroatoms. The van der Waals surface area contributed by atoms with E-state index in [0.717, 1.165) is 65.0 Å². The van der Waals surface area contributed by atoms with Gasteiger partial charge >= 0.3 is 47.6 Å². The first-order chi connectivity index (χ1) is 42.3. The van der Waals surface area contributed by atoms with Crippen molar-refractivity contribution in [3.8, 4) is 11.5 Å². The van der Waals surface area contributed by atoms with Crippen molar-refractivity contribution in [1.29, 1.82) is 0 Å². The Balaban J connectivity index is 0.0000129. The van der Waals surface area contributed by atoms with Gasteiger partial charge in [-0.3, -0.25) is 10.1 Å². The maximum absolute atomic E-state index is 13.0. The van der Waals surface area contributed by atoms with Crippen molar-refractivity contribution >= 4 is 45.4 Å². The molecule has 0 bridgehead atoms. The van der Waals surface area contributed by atoms with E-state index in [1.54, 1.807) is 19.1 Å². The fraction of sp³-hybridized carbons (Fsp3) is 0.507. The van der Waals surface area contributed by atoms with Crippen LogP contribution >= 0.6 is 0 Å². The van der Waals surface area contributed by atoms with Crippen molar-refractivity contribution in [2.24, 2.45) is 17.3 Å². The van der Waals surface area contributed by atoms with Crippen molar-refractivity contribution < 1.29 is 110 Å². The van der Waals surface area contributed by atoms with Gasteiger partial charge in [0.25, 0.3) is 0 Å². The molecule has 2 unspecified atom stereocenters. The molecule has 0 spiro atoms. The summed E-state index contributed by atoms with van der Waals surface area (Å²) in [5.41, 5.74) is 4.13. The maximum Gasteiger partial charge on any atom is 1.00 e. The van der Waals surface area contributed by atoms with Gasteiger partial charge in [0.05, 0.1) is 53.7 Å². The third-order valence-electron chi connectivity index (χ3n) is 17.5. The van der Waals surface area contributed by atoms with Gasteiger partial charge in [0, 0.05) is 49.1 Å². The Bertz CT molecular complexity index is 3200. The van der Waals surface area contributed by atoms with E-state index >= 15 is 0 Å². The number of methoxy groups -OCH3 is 1. The van der Waals surface area contributed by atoms with Crippen molar-refractivity contribution in [2.75, 3.05) is 57.4 Å². The SMILES string of the molecule is COC1CCC(C(C)(C)C2CCC(OOC(C)CCOc3ccc(C(C)(C)c4ccc(OCCC(C)OOCCOC(=O)c5cc(C(=O)OCCOC(=O)Nc6ccc(C(C)(C)c7ccc(NC(C)=O)cc7)cc6)cc(S(=O)(=O)[O-])c5)cc4)cc3)CC2)CC1.[Na+]. The van der Waals surface area contributed by atoms with Crippen molar-refractivity contribution in [3.63, 3.8) is 0 Å². The molecule has 0 aromatic heterocycles. The molecule has 0 heterocycles. The number of anilines is 2. The molecule has 2 atom stereocenters. The number of amides is 2. The van der Waals surface area contributed by atoms with E-state index in [1.807, 2.05) is 101 Å². The number of carbonyl (C=O) groups is 4. The molecule has 2 aliphatic rings. The molecule has 2 aliphatic carbocycles. The summed E-state index contributed by atoms with van der Waals surface area (Å²) in [6, 6.07) is 33.4. The van der Waals surface area contributed by atoms with Gasteiger partial charge in [0.1, 0.15) is 48.0 Å². The second-order valence-corrected chi connectivity index (χ2v) is 26.3. The molecular weight excluding hydrogens is 1180 g/mol. The van der Waals surface area contributed by atoms with Gasteiger partial charge in [-0.1, -0.05) is 90.1 Å². The minimum Gasteiger partial charge on any atom is -0.744 e. The van der Waals surface area contributed by atoms with Gasteiger partial charge in [-0.05, 0) is 171 Å². The maximum atomic E-state index is 13.0. The number of ether oxygens (including phenoxy) is 6. The molecule has 2 saturated carbocycles. The van der Waals surface area contributed by atoms with Crippen LogP contribution in [0.15, 0.2) is 120 Å². The first-order valence-corrected chi connectivity index (χ1v) is 32.2. The number of hydrogen-bond acceptors (Lipinski definition) is 17. The average Bonchev–Trinajstić information content (AvgIpc) is 1.01. The number of hydrogen-bond donors (Lipinski definition) is 2. The van der Waals surface area contributed by atoms with Crippen molar-refractivity contribution in [1.82, 2.24) is 0 Å². The smallest absolute Gasteiger partial charge is 0.744 e. The Morgan fingerprint density at radius 1 is 0.533 bits per heavy atom. The molecule has 5 aromatic carbocycles. The van der Waals surface area contributed by atoms with Gasteiger partial charge in [0.2, 0.25) is 5.91 Å². The third-order valence-corrected chi connectivity index (χ3v) is 18.3. The fourth-order valence-corrected chi connectivity index (χ4v) is 12.1. The van der Waals surface area contributed by atoms with Crippen LogP contribution in [-0.2, 0) is 64.2 Å². The fourth-order valence-electron chi connectivity index (χ4n) is 11.5. The van der Waals surface area contributed by atoms with Crippen LogP contribution in [0.4, 0.5) is 16.2 Å². The zero-order valence-corrected chi connectivity index (χ0v) is 56.9. The van der Waals surface area contributed by atoms with Crippen LogP contribution in [0.25, 0.3) is 0 Å². The molecule has 2 N–H and O–H groups in total. The molecule has 7 rings (SSSR count). The normalized spacial score (nSPS) is 17.8. The molecule has 0 aliphatic heterocycles. The van der Waals surface area contributed by atoms with Crippen molar-refractivity contribution in [2.45, 2.75) is 167 Å². The topological polar surface area (TPSA) is 242 Å². The van der Waals surface area contributed by atoms with Crippen LogP contribution in [0.5, 0.6) is 11.5 Å². The summed E-state index contributed by atoms with van der Waals surface area (Å²) in [7, 11) is -3.29. The van der Waals surface area contributed by atoms with Crippen molar-refractivity contribution in [3.05, 3.63) is 149 Å². The first kappa shape index (κ1) is 73.1. The van der Waals surface area contributed by atoms with Gasteiger partial charge in [-0.25, -0.2) is 42.4 Å². The Labute approximate surface area is 553 Å². The Morgan fingerprint density at radius 2 is 0.933 bits per heavy atom. The second kappa shape index (κ2) is 34.1. The molecule has 19 nitrogen and oxygen atoms in total. The largest absolute Gasteiger partial charge is 1.00 e. The van der Waals surface area contributed by atoms with Crippen LogP contribution in [0.2, 0.25) is 0 Å². The standard InChI is InChI=1S/C69H90N2O17S.Na/c1-46(35-37-80-60-29-17-54(18-30-60)69(8,9)55-19-31-61(32-20-55)81-38-36-47(2)87-88-62-33-21-56(22-34-62)68(6,7)53-15-27-59(79-10)28-16-53)86-85-42-41-83-65(74)50-43-49(44-63(45-50)89(76,77)78)64(73)82-39-40-84-66(75)71-58-25-13-52(14-26-58)67(4,5)51-11-23-57(24-12-51)70-48(3)72;/h11-14,17-20,23-26,29-32,43-47,53,56,59,62H,15-16,21-22,27-28,33-42H2,1-10H3,(H,70,72)(H,71,75)(H,76,77,78);/q;+1/p-1. The molecule has 5 aromatic rings. The summed E-state index contributed by atoms with van der Waals surface area (Å²) < 4.78 is 69.2. The molecule has 90 heavy (non-hydrogen) atoms. The minimum atomic E-state index is -5.13. The summed E-state index contributed by atoms with van der Waals surface area (Å²) in [6.45, 7) is 18.1. The number of esters is 2. The van der Waals surface area contributed by atoms with E-state index in [2.05, 4.69) is 50.5 Å². The predicted octanol–water partition coefficient (Wildman–Crippen LogP) is 10.5. The van der Waals surface area contributed by atoms with Gasteiger partial charge in [0.15, 0.2) is 0 Å². The summed E-state index contributed by atoms with van der Waals surface area (Å²) in [4.78, 5) is 71.5. The van der Waals surface area contributed by atoms with E-state index in [9.17, 15) is 32.1 Å². The van der Waals surface area contributed by atoms with Crippen LogP contribution in [0, 0.1) is 17.3 Å². The Kier molecular flexibility index (Phi) is 27.7. The Morgan fingerprint density at radius 3 is 1.37 bits per heavy atom. The quantitative estimate of drug-likeness (QED) is 0.00797. The average molecular weight is 1270 g/mol. The molecule has 2 fully saturated rings. The van der Waals surface area contributed by atoms with Gasteiger partial charge < -0.3 is 38.3 Å². The van der Waals surface area contributed by atoms with Crippen LogP contribution < -0.4 is 49.7 Å². The summed E-state index contributed by atoms with van der Waals surface area (Å²) in [5.74, 6) is 0.647. The van der Waals surface area contributed by atoms with E-state index in [0.29, 0.717) is 60.6 Å². The van der Waals surface area contributed by atoms with Crippen LogP contribution in [0.1, 0.15) is 169 Å². The minimum absolute atomic E-state index is 0. The summed E-state index contributed by atoms with van der Waals surface area (Å²) in [6.07, 6.45) is 9.70.